The fraction of sp³-hybridized carbons (Fsp3) is 0.211. The summed E-state index contributed by atoms with van der Waals surface area (Å²) < 4.78 is 24.4. The Kier molecular flexibility index (Phi) is 5.60. The number of nitrogen functional groups attached to an aromatic ring is 1. The molecule has 0 aliphatic carbocycles. The lowest BCUT2D eigenvalue weighted by Crippen LogP contribution is -2.17. The number of benzene rings is 2. The highest BCUT2D eigenvalue weighted by Crippen LogP contribution is 2.25. The van der Waals surface area contributed by atoms with Crippen molar-refractivity contribution in [3.63, 3.8) is 0 Å². The fourth-order valence-corrected chi connectivity index (χ4v) is 3.26. The molecule has 130 valence electrons. The number of hydrogen-bond donors (Lipinski definition) is 1. The average molecular weight is 359 g/mol. The van der Waals surface area contributed by atoms with Crippen LogP contribution in [0.1, 0.15) is 12.8 Å². The van der Waals surface area contributed by atoms with Crippen LogP contribution in [-0.4, -0.2) is 18.1 Å². The maximum Gasteiger partial charge on any atom is 0.181 e. The molecule has 3 aromatic rings. The van der Waals surface area contributed by atoms with Crippen molar-refractivity contribution in [1.29, 1.82) is 0 Å². The molecule has 0 atom stereocenters. The van der Waals surface area contributed by atoms with Crippen LogP contribution in [0.25, 0.3) is 11.3 Å². The number of rotatable bonds is 2. The Morgan fingerprint density at radius 2 is 1.72 bits per heavy atom. The maximum absolute atomic E-state index is 12.2. The zero-order valence-corrected chi connectivity index (χ0v) is 14.5. The normalized spacial score (nSPS) is 13.4. The van der Waals surface area contributed by atoms with Gasteiger partial charge in [-0.2, -0.15) is 0 Å². The van der Waals surface area contributed by atoms with Gasteiger partial charge in [-0.1, -0.05) is 18.2 Å². The molecular formula is C19H19F2N3S. The highest BCUT2D eigenvalue weighted by molar-refractivity contribution is 7.07. The fourth-order valence-electron chi connectivity index (χ4n) is 2.69. The van der Waals surface area contributed by atoms with Crippen molar-refractivity contribution in [2.75, 3.05) is 23.7 Å². The zero-order chi connectivity index (χ0) is 17.6. The summed E-state index contributed by atoms with van der Waals surface area (Å²) in [5.74, 6) is -1.88. The monoisotopic (exact) mass is 359 g/mol. The standard InChI is InChI=1S/C13H14N2S.C6H5F2N/c1-2-8-15(7-1)12-5-3-11(4-6-12)13-9-16-10-14-13;7-4-2-1-3-5(9)6(4)8/h3-6,9-10H,1-2,7-8H2;1-3H,9H2. The summed E-state index contributed by atoms with van der Waals surface area (Å²) in [4.78, 5) is 6.77. The van der Waals surface area contributed by atoms with Crippen LogP contribution in [0.5, 0.6) is 0 Å². The number of thiazole rings is 1. The van der Waals surface area contributed by atoms with Gasteiger partial charge in [-0.25, -0.2) is 13.8 Å². The molecule has 4 rings (SSSR count). The molecule has 1 aliphatic heterocycles. The summed E-state index contributed by atoms with van der Waals surface area (Å²) >= 11 is 1.64. The third-order valence-electron chi connectivity index (χ3n) is 4.05. The van der Waals surface area contributed by atoms with E-state index in [2.05, 4.69) is 39.5 Å². The molecule has 1 fully saturated rings. The zero-order valence-electron chi connectivity index (χ0n) is 13.7. The summed E-state index contributed by atoms with van der Waals surface area (Å²) in [7, 11) is 0. The van der Waals surface area contributed by atoms with E-state index in [1.165, 1.54) is 49.3 Å². The van der Waals surface area contributed by atoms with Crippen LogP contribution >= 0.6 is 11.3 Å². The summed E-state index contributed by atoms with van der Waals surface area (Å²) in [5.41, 5.74) is 10.4. The van der Waals surface area contributed by atoms with E-state index in [-0.39, 0.29) is 5.69 Å². The SMILES string of the molecule is Nc1cccc(F)c1F.c1nc(-c2ccc(N3CCCC3)cc2)cs1. The van der Waals surface area contributed by atoms with Gasteiger partial charge >= 0.3 is 0 Å². The smallest absolute Gasteiger partial charge is 0.181 e. The maximum atomic E-state index is 12.2. The lowest BCUT2D eigenvalue weighted by Gasteiger charge is -2.17. The van der Waals surface area contributed by atoms with Gasteiger partial charge in [-0.3, -0.25) is 0 Å². The third-order valence-corrected chi connectivity index (χ3v) is 4.63. The van der Waals surface area contributed by atoms with E-state index in [0.29, 0.717) is 0 Å². The third kappa shape index (κ3) is 4.33. The van der Waals surface area contributed by atoms with Crippen LogP contribution < -0.4 is 10.6 Å². The van der Waals surface area contributed by atoms with Gasteiger partial charge in [-0.05, 0) is 37.1 Å². The quantitative estimate of drug-likeness (QED) is 0.658. The Balaban J connectivity index is 0.000000173. The van der Waals surface area contributed by atoms with Crippen LogP contribution in [0.4, 0.5) is 20.2 Å². The number of halogens is 2. The average Bonchev–Trinajstić information content (AvgIpc) is 3.34. The van der Waals surface area contributed by atoms with E-state index in [0.717, 1.165) is 11.8 Å². The van der Waals surface area contributed by atoms with Crippen molar-refractivity contribution in [3.05, 3.63) is 65.0 Å². The lowest BCUT2D eigenvalue weighted by molar-refractivity contribution is 0.512. The van der Waals surface area contributed by atoms with Crippen LogP contribution in [-0.2, 0) is 0 Å². The van der Waals surface area contributed by atoms with Gasteiger partial charge < -0.3 is 10.6 Å². The Hall–Kier alpha value is -2.47. The number of nitrogens with two attached hydrogens (primary N) is 1. The number of nitrogens with zero attached hydrogens (tertiary/aromatic N) is 2. The molecule has 3 nitrogen and oxygen atoms in total. The molecule has 0 spiro atoms. The minimum absolute atomic E-state index is 0.157. The second kappa shape index (κ2) is 8.07. The Morgan fingerprint density at radius 3 is 2.28 bits per heavy atom. The Morgan fingerprint density at radius 1 is 1.00 bits per heavy atom. The molecular weight excluding hydrogens is 340 g/mol. The second-order valence-electron chi connectivity index (χ2n) is 5.76. The molecule has 1 aromatic heterocycles. The molecule has 0 unspecified atom stereocenters. The molecule has 2 N–H and O–H groups in total. The van der Waals surface area contributed by atoms with Gasteiger partial charge in [0.1, 0.15) is 0 Å². The predicted octanol–water partition coefficient (Wildman–Crippen LogP) is 4.96. The van der Waals surface area contributed by atoms with Crippen LogP contribution in [0.15, 0.2) is 53.4 Å². The van der Waals surface area contributed by atoms with Gasteiger partial charge in [0, 0.05) is 29.7 Å². The molecule has 6 heteroatoms. The summed E-state index contributed by atoms with van der Waals surface area (Å²) in [5, 5.41) is 2.09. The first-order chi connectivity index (χ1) is 12.1. The topological polar surface area (TPSA) is 42.1 Å². The summed E-state index contributed by atoms with van der Waals surface area (Å²) in [6.45, 7) is 2.41. The van der Waals surface area contributed by atoms with E-state index in [1.54, 1.807) is 11.3 Å². The highest BCUT2D eigenvalue weighted by Gasteiger charge is 2.12. The van der Waals surface area contributed by atoms with Gasteiger partial charge in [0.25, 0.3) is 0 Å². The molecule has 0 bridgehead atoms. The summed E-state index contributed by atoms with van der Waals surface area (Å²) in [6.07, 6.45) is 2.65. The van der Waals surface area contributed by atoms with Crippen molar-refractivity contribution in [1.82, 2.24) is 4.98 Å². The number of anilines is 2. The molecule has 2 aromatic carbocycles. The molecule has 1 aliphatic rings. The second-order valence-corrected chi connectivity index (χ2v) is 6.48. The van der Waals surface area contributed by atoms with E-state index >= 15 is 0 Å². The van der Waals surface area contributed by atoms with Crippen LogP contribution in [0, 0.1) is 11.6 Å². The Labute approximate surface area is 149 Å². The first kappa shape index (κ1) is 17.4. The van der Waals surface area contributed by atoms with Crippen LogP contribution in [0.2, 0.25) is 0 Å². The number of aromatic nitrogens is 1. The van der Waals surface area contributed by atoms with Gasteiger partial charge in [-0.15, -0.1) is 11.3 Å². The molecule has 0 saturated carbocycles. The first-order valence-electron chi connectivity index (χ1n) is 8.08. The molecule has 25 heavy (non-hydrogen) atoms. The van der Waals surface area contributed by atoms with Crippen molar-refractivity contribution in [3.8, 4) is 11.3 Å². The van der Waals surface area contributed by atoms with Crippen LogP contribution in [0.3, 0.4) is 0 Å². The first-order valence-corrected chi connectivity index (χ1v) is 9.02. The van der Waals surface area contributed by atoms with Crippen molar-refractivity contribution >= 4 is 22.7 Å². The van der Waals surface area contributed by atoms with E-state index in [1.807, 2.05) is 5.51 Å². The van der Waals surface area contributed by atoms with E-state index in [9.17, 15) is 8.78 Å². The lowest BCUT2D eigenvalue weighted by atomic mass is 10.1. The van der Waals surface area contributed by atoms with Crippen molar-refractivity contribution < 1.29 is 8.78 Å². The van der Waals surface area contributed by atoms with E-state index < -0.39 is 11.6 Å². The predicted molar refractivity (Wildman–Crippen MR) is 99.8 cm³/mol. The van der Waals surface area contributed by atoms with Gasteiger partial charge in [0.15, 0.2) is 11.6 Å². The largest absolute Gasteiger partial charge is 0.396 e. The minimum atomic E-state index is -0.975. The van der Waals surface area contributed by atoms with Gasteiger partial charge in [0.05, 0.1) is 16.9 Å². The Bertz CT molecular complexity index is 778. The highest BCUT2D eigenvalue weighted by atomic mass is 32.1. The van der Waals surface area contributed by atoms with E-state index in [4.69, 9.17) is 5.73 Å². The summed E-state index contributed by atoms with van der Waals surface area (Å²) in [6, 6.07) is 12.4. The molecule has 1 saturated heterocycles. The minimum Gasteiger partial charge on any atom is -0.396 e. The van der Waals surface area contributed by atoms with Crippen molar-refractivity contribution in [2.45, 2.75) is 12.8 Å². The molecule has 2 heterocycles. The van der Waals surface area contributed by atoms with Crippen molar-refractivity contribution in [2.24, 2.45) is 0 Å². The van der Waals surface area contributed by atoms with Gasteiger partial charge in [0.2, 0.25) is 0 Å². The number of hydrogen-bond acceptors (Lipinski definition) is 4. The molecule has 0 radical (unpaired) electrons. The molecule has 0 amide bonds.